The van der Waals surface area contributed by atoms with E-state index in [-0.39, 0.29) is 35.4 Å². The number of nitrogens with zero attached hydrogens (tertiary/aromatic N) is 3. The van der Waals surface area contributed by atoms with Gasteiger partial charge >= 0.3 is 0 Å². The lowest BCUT2D eigenvalue weighted by Gasteiger charge is -2.29. The van der Waals surface area contributed by atoms with Crippen LogP contribution in [0.5, 0.6) is 11.6 Å². The fraction of sp³-hybridized carbons (Fsp3) is 0.462. The Labute approximate surface area is 212 Å². The number of fused-ring (bicyclic) bond motifs is 1. The molecule has 0 atom stereocenters. The summed E-state index contributed by atoms with van der Waals surface area (Å²) in [6.45, 7) is 0.0958. The van der Waals surface area contributed by atoms with Crippen molar-refractivity contribution in [3.63, 3.8) is 0 Å². The van der Waals surface area contributed by atoms with Crippen LogP contribution in [0.2, 0.25) is 0 Å². The number of carbonyl (C=O) groups is 2. The van der Waals surface area contributed by atoms with Crippen LogP contribution >= 0.6 is 0 Å². The largest absolute Gasteiger partial charge is 0.485 e. The number of carbonyl (C=O) groups excluding carboxylic acids is 2. The number of pyridine rings is 2. The van der Waals surface area contributed by atoms with E-state index >= 15 is 0 Å². The van der Waals surface area contributed by atoms with Crippen LogP contribution in [-0.4, -0.2) is 51.1 Å². The number of alkyl halides is 2. The van der Waals surface area contributed by atoms with Crippen molar-refractivity contribution in [2.45, 2.75) is 69.4 Å². The SMILES string of the molecule is CC(F)(F)COc1ccc2c(C(=O)NC3CCC(Oc4ncccc4C(N)=O)CC3)cnn2c1C1CC1. The Morgan fingerprint density at radius 2 is 1.89 bits per heavy atom. The number of hydrogen-bond donors (Lipinski definition) is 2. The molecule has 2 aliphatic rings. The van der Waals surface area contributed by atoms with Crippen molar-refractivity contribution in [1.82, 2.24) is 19.9 Å². The molecule has 2 fully saturated rings. The van der Waals surface area contributed by atoms with Gasteiger partial charge in [-0.2, -0.15) is 5.10 Å². The lowest BCUT2D eigenvalue weighted by Crippen LogP contribution is -2.39. The molecule has 3 aromatic heterocycles. The molecule has 0 unspecified atom stereocenters. The van der Waals surface area contributed by atoms with Crippen LogP contribution in [0.25, 0.3) is 5.52 Å². The molecule has 0 bridgehead atoms. The van der Waals surface area contributed by atoms with E-state index in [4.69, 9.17) is 15.2 Å². The summed E-state index contributed by atoms with van der Waals surface area (Å²) in [6, 6.07) is 6.50. The average molecular weight is 514 g/mol. The van der Waals surface area contributed by atoms with Gasteiger partial charge in [-0.15, -0.1) is 0 Å². The van der Waals surface area contributed by atoms with Crippen molar-refractivity contribution in [2.24, 2.45) is 5.73 Å². The van der Waals surface area contributed by atoms with E-state index in [1.54, 1.807) is 35.0 Å². The minimum absolute atomic E-state index is 0.0426. The van der Waals surface area contributed by atoms with Crippen LogP contribution in [0.15, 0.2) is 36.7 Å². The molecule has 0 saturated heterocycles. The van der Waals surface area contributed by atoms with Crippen molar-refractivity contribution < 1.29 is 27.8 Å². The van der Waals surface area contributed by atoms with Gasteiger partial charge in [0, 0.05) is 25.1 Å². The van der Waals surface area contributed by atoms with Gasteiger partial charge in [0.15, 0.2) is 6.61 Å². The number of halogens is 2. The van der Waals surface area contributed by atoms with Gasteiger partial charge in [0.05, 0.1) is 23.0 Å². The molecule has 3 heterocycles. The summed E-state index contributed by atoms with van der Waals surface area (Å²) in [5.74, 6) is -3.01. The van der Waals surface area contributed by atoms with E-state index in [1.165, 1.54) is 6.20 Å². The monoisotopic (exact) mass is 513 g/mol. The van der Waals surface area contributed by atoms with Crippen LogP contribution in [0.1, 0.15) is 77.8 Å². The van der Waals surface area contributed by atoms with Gasteiger partial charge in [-0.25, -0.2) is 18.3 Å². The highest BCUT2D eigenvalue weighted by molar-refractivity contribution is 6.01. The number of primary amides is 1. The first-order valence-corrected chi connectivity index (χ1v) is 12.4. The zero-order chi connectivity index (χ0) is 26.2. The van der Waals surface area contributed by atoms with Gasteiger partial charge in [0.2, 0.25) is 5.88 Å². The standard InChI is InChI=1S/C26H29F2N5O4/c1-26(27,28)14-36-21-11-10-20-19(13-31-33(20)22(21)15-4-5-15)24(35)32-16-6-8-17(9-7-16)37-25-18(23(29)34)3-2-12-30-25/h2-3,10-13,15-17H,4-9,14H2,1H3,(H2,29,34)(H,32,35). The summed E-state index contributed by atoms with van der Waals surface area (Å²) in [5.41, 5.74) is 7.41. The molecule has 9 nitrogen and oxygen atoms in total. The third-order valence-electron chi connectivity index (χ3n) is 6.69. The second-order valence-corrected chi connectivity index (χ2v) is 9.86. The molecule has 3 aromatic rings. The molecule has 0 spiro atoms. The van der Waals surface area contributed by atoms with Gasteiger partial charge in [-0.05, 0) is 62.8 Å². The maximum absolute atomic E-state index is 13.4. The zero-order valence-electron chi connectivity index (χ0n) is 20.5. The smallest absolute Gasteiger partial charge is 0.278 e. The number of nitrogens with two attached hydrogens (primary N) is 1. The lowest BCUT2D eigenvalue weighted by atomic mass is 9.92. The van der Waals surface area contributed by atoms with Gasteiger partial charge in [0.1, 0.15) is 17.4 Å². The van der Waals surface area contributed by atoms with Gasteiger partial charge < -0.3 is 20.5 Å². The first-order valence-electron chi connectivity index (χ1n) is 12.4. The maximum atomic E-state index is 13.4. The molecule has 3 N–H and O–H groups in total. The van der Waals surface area contributed by atoms with E-state index < -0.39 is 18.4 Å². The third-order valence-corrected chi connectivity index (χ3v) is 6.69. The van der Waals surface area contributed by atoms with Gasteiger partial charge in [-0.3, -0.25) is 9.59 Å². The minimum atomic E-state index is -2.95. The Morgan fingerprint density at radius 1 is 1.14 bits per heavy atom. The van der Waals surface area contributed by atoms with Crippen molar-refractivity contribution in [3.8, 4) is 11.6 Å². The first kappa shape index (κ1) is 24.9. The van der Waals surface area contributed by atoms with Crippen LogP contribution in [0.4, 0.5) is 8.78 Å². The van der Waals surface area contributed by atoms with E-state index in [0.29, 0.717) is 42.5 Å². The van der Waals surface area contributed by atoms with Gasteiger partial charge in [-0.1, -0.05) is 0 Å². The summed E-state index contributed by atoms with van der Waals surface area (Å²) in [6.07, 6.45) is 7.53. The van der Waals surface area contributed by atoms with Crippen LogP contribution in [0.3, 0.4) is 0 Å². The molecule has 2 amide bonds. The molecule has 2 saturated carbocycles. The van der Waals surface area contributed by atoms with Crippen molar-refractivity contribution in [2.75, 3.05) is 6.61 Å². The molecule has 0 aromatic carbocycles. The van der Waals surface area contributed by atoms with Crippen molar-refractivity contribution >= 4 is 17.3 Å². The highest BCUT2D eigenvalue weighted by atomic mass is 19.3. The van der Waals surface area contributed by atoms with Crippen LogP contribution in [-0.2, 0) is 0 Å². The molecule has 2 aliphatic carbocycles. The zero-order valence-corrected chi connectivity index (χ0v) is 20.5. The Kier molecular flexibility index (Phi) is 6.70. The predicted octanol–water partition coefficient (Wildman–Crippen LogP) is 3.86. The first-order chi connectivity index (χ1) is 17.7. The van der Waals surface area contributed by atoms with Crippen LogP contribution < -0.4 is 20.5 Å². The minimum Gasteiger partial charge on any atom is -0.485 e. The molecule has 196 valence electrons. The average Bonchev–Trinajstić information content (AvgIpc) is 3.61. The number of amides is 2. The van der Waals surface area contributed by atoms with E-state index in [0.717, 1.165) is 25.5 Å². The highest BCUT2D eigenvalue weighted by Crippen LogP contribution is 2.44. The highest BCUT2D eigenvalue weighted by Gasteiger charge is 2.33. The molecule has 0 aliphatic heterocycles. The summed E-state index contributed by atoms with van der Waals surface area (Å²) >= 11 is 0. The summed E-state index contributed by atoms with van der Waals surface area (Å²) in [5, 5.41) is 7.49. The van der Waals surface area contributed by atoms with Crippen LogP contribution in [0, 0.1) is 0 Å². The lowest BCUT2D eigenvalue weighted by molar-refractivity contribution is -0.0233. The number of nitrogens with one attached hydrogen (secondary N) is 1. The van der Waals surface area contributed by atoms with E-state index in [2.05, 4.69) is 15.4 Å². The quantitative estimate of drug-likeness (QED) is 0.448. The molecular formula is C26H29F2N5O4. The van der Waals surface area contributed by atoms with Gasteiger partial charge in [0.25, 0.3) is 17.7 Å². The number of aromatic nitrogens is 3. The summed E-state index contributed by atoms with van der Waals surface area (Å²) in [7, 11) is 0. The number of rotatable bonds is 9. The second kappa shape index (κ2) is 9.95. The fourth-order valence-corrected chi connectivity index (χ4v) is 4.71. The Balaban J connectivity index is 1.23. The fourth-order valence-electron chi connectivity index (χ4n) is 4.71. The second-order valence-electron chi connectivity index (χ2n) is 9.86. The normalized spacial score (nSPS) is 20.0. The Bertz CT molecular complexity index is 1310. The maximum Gasteiger partial charge on any atom is 0.278 e. The molecule has 0 radical (unpaired) electrons. The summed E-state index contributed by atoms with van der Waals surface area (Å²) in [4.78, 5) is 28.9. The third kappa shape index (κ3) is 5.65. The molecule has 37 heavy (non-hydrogen) atoms. The molecular weight excluding hydrogens is 484 g/mol. The number of ether oxygens (including phenoxy) is 2. The Morgan fingerprint density at radius 3 is 2.57 bits per heavy atom. The van der Waals surface area contributed by atoms with Crippen molar-refractivity contribution in [1.29, 1.82) is 0 Å². The van der Waals surface area contributed by atoms with Crippen molar-refractivity contribution in [3.05, 3.63) is 53.5 Å². The van der Waals surface area contributed by atoms with E-state index in [9.17, 15) is 18.4 Å². The summed E-state index contributed by atoms with van der Waals surface area (Å²) < 4.78 is 39.7. The van der Waals surface area contributed by atoms with E-state index in [1.807, 2.05) is 0 Å². The topological polar surface area (TPSA) is 121 Å². The molecule has 5 rings (SSSR count). The predicted molar refractivity (Wildman–Crippen MR) is 130 cm³/mol. The Hall–Kier alpha value is -3.76. The number of hydrogen-bond acceptors (Lipinski definition) is 6. The molecule has 11 heteroatoms.